The minimum atomic E-state index is 0.630. The largest absolute Gasteiger partial charge is 0.339 e. The standard InChI is InChI=1S/C13H15Br2N5/c1-3-11-18-12(7(2)13(19-11)20-16)17-10-6-8(14)4-5-9(10)15/h4-6H,3,16H2,1-2H3,(H2,17,18,19,20). The molecule has 20 heavy (non-hydrogen) atoms. The Morgan fingerprint density at radius 1 is 1.20 bits per heavy atom. The van der Waals surface area contributed by atoms with Crippen LogP contribution in [0.5, 0.6) is 0 Å². The molecule has 0 radical (unpaired) electrons. The fourth-order valence-electron chi connectivity index (χ4n) is 1.70. The van der Waals surface area contributed by atoms with E-state index in [0.29, 0.717) is 5.82 Å². The molecule has 0 saturated carbocycles. The number of nitrogens with one attached hydrogen (secondary N) is 2. The summed E-state index contributed by atoms with van der Waals surface area (Å²) in [6.07, 6.45) is 0.739. The number of benzene rings is 1. The summed E-state index contributed by atoms with van der Waals surface area (Å²) in [4.78, 5) is 8.85. The highest BCUT2D eigenvalue weighted by Gasteiger charge is 2.11. The van der Waals surface area contributed by atoms with Crippen LogP contribution in [0.2, 0.25) is 0 Å². The van der Waals surface area contributed by atoms with E-state index in [4.69, 9.17) is 5.84 Å². The van der Waals surface area contributed by atoms with Crippen LogP contribution in [-0.4, -0.2) is 9.97 Å². The van der Waals surface area contributed by atoms with Gasteiger partial charge in [-0.15, -0.1) is 0 Å². The Labute approximate surface area is 134 Å². The molecule has 5 nitrogen and oxygen atoms in total. The third-order valence-corrected chi connectivity index (χ3v) is 4.01. The number of halogens is 2. The Balaban J connectivity index is 2.44. The Kier molecular flexibility index (Phi) is 4.95. The Bertz CT molecular complexity index is 630. The summed E-state index contributed by atoms with van der Waals surface area (Å²) >= 11 is 6.98. The van der Waals surface area contributed by atoms with Gasteiger partial charge in [-0.25, -0.2) is 15.8 Å². The van der Waals surface area contributed by atoms with Crippen molar-refractivity contribution < 1.29 is 0 Å². The van der Waals surface area contributed by atoms with Crippen LogP contribution in [0.15, 0.2) is 27.1 Å². The number of hydrogen-bond donors (Lipinski definition) is 3. The van der Waals surface area contributed by atoms with Crippen molar-refractivity contribution >= 4 is 49.2 Å². The van der Waals surface area contributed by atoms with E-state index in [1.165, 1.54) is 0 Å². The van der Waals surface area contributed by atoms with Crippen molar-refractivity contribution in [1.29, 1.82) is 0 Å². The number of nitrogens with two attached hydrogens (primary N) is 1. The molecular formula is C13H15Br2N5. The van der Waals surface area contributed by atoms with Gasteiger partial charge < -0.3 is 10.7 Å². The molecular weight excluding hydrogens is 386 g/mol. The minimum Gasteiger partial charge on any atom is -0.339 e. The number of aromatic nitrogens is 2. The predicted octanol–water partition coefficient (Wildman–Crippen LogP) is 3.90. The molecule has 1 aromatic heterocycles. The zero-order valence-corrected chi connectivity index (χ0v) is 14.3. The number of nitrogen functional groups attached to an aromatic ring is 1. The van der Waals surface area contributed by atoms with Crippen LogP contribution in [0.25, 0.3) is 0 Å². The van der Waals surface area contributed by atoms with Gasteiger partial charge in [-0.05, 0) is 41.1 Å². The monoisotopic (exact) mass is 399 g/mol. The van der Waals surface area contributed by atoms with Crippen molar-refractivity contribution in [3.63, 3.8) is 0 Å². The van der Waals surface area contributed by atoms with Gasteiger partial charge in [-0.3, -0.25) is 0 Å². The molecule has 0 amide bonds. The zero-order chi connectivity index (χ0) is 14.7. The molecule has 7 heteroatoms. The van der Waals surface area contributed by atoms with Crippen LogP contribution in [0.1, 0.15) is 18.3 Å². The molecule has 106 valence electrons. The highest BCUT2D eigenvalue weighted by Crippen LogP contribution is 2.30. The summed E-state index contributed by atoms with van der Waals surface area (Å²) in [5.74, 6) is 7.61. The van der Waals surface area contributed by atoms with Crippen LogP contribution < -0.4 is 16.6 Å². The Morgan fingerprint density at radius 3 is 2.55 bits per heavy atom. The van der Waals surface area contributed by atoms with E-state index >= 15 is 0 Å². The molecule has 0 unspecified atom stereocenters. The molecule has 0 saturated heterocycles. The number of hydrogen-bond acceptors (Lipinski definition) is 5. The van der Waals surface area contributed by atoms with Gasteiger partial charge in [-0.2, -0.15) is 0 Å². The summed E-state index contributed by atoms with van der Waals surface area (Å²) in [5.41, 5.74) is 4.40. The summed E-state index contributed by atoms with van der Waals surface area (Å²) in [7, 11) is 0. The van der Waals surface area contributed by atoms with Gasteiger partial charge in [0.2, 0.25) is 0 Å². The first-order chi connectivity index (χ1) is 9.55. The van der Waals surface area contributed by atoms with Crippen molar-refractivity contribution in [2.75, 3.05) is 10.7 Å². The van der Waals surface area contributed by atoms with Crippen LogP contribution >= 0.6 is 31.9 Å². The van der Waals surface area contributed by atoms with E-state index in [1.54, 1.807) is 0 Å². The highest BCUT2D eigenvalue weighted by molar-refractivity contribution is 9.11. The SMILES string of the molecule is CCc1nc(NN)c(C)c(Nc2cc(Br)ccc2Br)n1. The zero-order valence-electron chi connectivity index (χ0n) is 11.2. The van der Waals surface area contributed by atoms with Crippen LogP contribution in [0.4, 0.5) is 17.3 Å². The predicted molar refractivity (Wildman–Crippen MR) is 89.1 cm³/mol. The number of anilines is 3. The molecule has 0 aliphatic rings. The molecule has 0 aliphatic carbocycles. The number of rotatable bonds is 4. The third kappa shape index (κ3) is 3.28. The maximum Gasteiger partial charge on any atom is 0.148 e. The maximum absolute atomic E-state index is 5.51. The second-order valence-electron chi connectivity index (χ2n) is 4.21. The van der Waals surface area contributed by atoms with Gasteiger partial charge in [-0.1, -0.05) is 22.9 Å². The van der Waals surface area contributed by atoms with Crippen molar-refractivity contribution in [3.05, 3.63) is 38.5 Å². The molecule has 1 heterocycles. The van der Waals surface area contributed by atoms with E-state index in [9.17, 15) is 0 Å². The topological polar surface area (TPSA) is 75.9 Å². The van der Waals surface area contributed by atoms with Crippen molar-refractivity contribution in [2.24, 2.45) is 5.84 Å². The average Bonchev–Trinajstić information content (AvgIpc) is 2.45. The summed E-state index contributed by atoms with van der Waals surface area (Å²) in [6, 6.07) is 5.91. The van der Waals surface area contributed by atoms with Gasteiger partial charge in [0.05, 0.1) is 5.69 Å². The third-order valence-electron chi connectivity index (χ3n) is 2.83. The molecule has 0 atom stereocenters. The highest BCUT2D eigenvalue weighted by atomic mass is 79.9. The number of nitrogens with zero attached hydrogens (tertiary/aromatic N) is 2. The Hall–Kier alpha value is -1.18. The number of aryl methyl sites for hydroxylation is 1. The molecule has 2 rings (SSSR count). The van der Waals surface area contributed by atoms with E-state index in [-0.39, 0.29) is 0 Å². The first-order valence-electron chi connectivity index (χ1n) is 6.11. The minimum absolute atomic E-state index is 0.630. The first kappa shape index (κ1) is 15.2. The van der Waals surface area contributed by atoms with Gasteiger partial charge in [0.15, 0.2) is 0 Å². The molecule has 0 aliphatic heterocycles. The van der Waals surface area contributed by atoms with E-state index in [1.807, 2.05) is 32.0 Å². The molecule has 0 fully saturated rings. The second-order valence-corrected chi connectivity index (χ2v) is 5.98. The lowest BCUT2D eigenvalue weighted by Gasteiger charge is -2.14. The van der Waals surface area contributed by atoms with Crippen LogP contribution in [0.3, 0.4) is 0 Å². The lowest BCUT2D eigenvalue weighted by molar-refractivity contribution is 0.932. The van der Waals surface area contributed by atoms with Gasteiger partial charge in [0, 0.05) is 20.9 Å². The van der Waals surface area contributed by atoms with Gasteiger partial charge in [0.25, 0.3) is 0 Å². The molecule has 0 bridgehead atoms. The fourth-order valence-corrected chi connectivity index (χ4v) is 2.41. The molecule has 0 spiro atoms. The van der Waals surface area contributed by atoms with Crippen LogP contribution in [-0.2, 0) is 6.42 Å². The van der Waals surface area contributed by atoms with Crippen molar-refractivity contribution in [2.45, 2.75) is 20.3 Å². The first-order valence-corrected chi connectivity index (χ1v) is 7.70. The lowest BCUT2D eigenvalue weighted by atomic mass is 10.2. The van der Waals surface area contributed by atoms with E-state index in [2.05, 4.69) is 52.6 Å². The van der Waals surface area contributed by atoms with E-state index < -0.39 is 0 Å². The summed E-state index contributed by atoms with van der Waals surface area (Å²) in [6.45, 7) is 3.92. The van der Waals surface area contributed by atoms with E-state index in [0.717, 1.165) is 38.3 Å². The summed E-state index contributed by atoms with van der Waals surface area (Å²) in [5, 5.41) is 3.31. The van der Waals surface area contributed by atoms with Gasteiger partial charge >= 0.3 is 0 Å². The van der Waals surface area contributed by atoms with Crippen molar-refractivity contribution in [1.82, 2.24) is 9.97 Å². The molecule has 2 aromatic rings. The second kappa shape index (κ2) is 6.51. The fraction of sp³-hybridized carbons (Fsp3) is 0.231. The summed E-state index contributed by atoms with van der Waals surface area (Å²) < 4.78 is 1.95. The Morgan fingerprint density at radius 2 is 1.90 bits per heavy atom. The lowest BCUT2D eigenvalue weighted by Crippen LogP contribution is -2.14. The quantitative estimate of drug-likeness (QED) is 0.535. The number of hydrazine groups is 1. The molecule has 4 N–H and O–H groups in total. The smallest absolute Gasteiger partial charge is 0.148 e. The van der Waals surface area contributed by atoms with Crippen molar-refractivity contribution in [3.8, 4) is 0 Å². The average molecular weight is 401 g/mol. The maximum atomic E-state index is 5.51. The molecule has 1 aromatic carbocycles. The van der Waals surface area contributed by atoms with Crippen LogP contribution in [0, 0.1) is 6.92 Å². The van der Waals surface area contributed by atoms with Gasteiger partial charge in [0.1, 0.15) is 17.5 Å². The normalized spacial score (nSPS) is 10.4.